The first-order valence-electron chi connectivity index (χ1n) is 11.4. The first-order valence-corrected chi connectivity index (χ1v) is 11.7. The van der Waals surface area contributed by atoms with Crippen molar-refractivity contribution < 1.29 is 39.1 Å². The average molecular weight is 493 g/mol. The van der Waals surface area contributed by atoms with E-state index in [1.165, 1.54) is 0 Å². The summed E-state index contributed by atoms with van der Waals surface area (Å²) in [5.41, 5.74) is 2.33. The van der Waals surface area contributed by atoms with Gasteiger partial charge in [-0.05, 0) is 41.3 Å². The first-order chi connectivity index (χ1) is 16.4. The Morgan fingerprint density at radius 1 is 1.09 bits per heavy atom. The normalized spacial score (nSPS) is 29.1. The van der Waals surface area contributed by atoms with Gasteiger partial charge in [0.25, 0.3) is 0 Å². The van der Waals surface area contributed by atoms with Crippen molar-refractivity contribution in [1.29, 1.82) is 0 Å². The Morgan fingerprint density at radius 3 is 2.53 bits per heavy atom. The molecular formula is C25H29ClO8. The van der Waals surface area contributed by atoms with Gasteiger partial charge in [-0.3, -0.25) is 4.79 Å². The maximum absolute atomic E-state index is 11.7. The molecule has 4 rings (SSSR count). The minimum absolute atomic E-state index is 0.0770. The molecule has 0 radical (unpaired) electrons. The molecule has 9 heteroatoms. The molecule has 0 spiro atoms. The van der Waals surface area contributed by atoms with Crippen molar-refractivity contribution in [2.45, 2.75) is 63.0 Å². The number of hydrogen-bond donors (Lipinski definition) is 3. The Bertz CT molecular complexity index is 975. The van der Waals surface area contributed by atoms with Gasteiger partial charge >= 0.3 is 5.97 Å². The van der Waals surface area contributed by atoms with Crippen LogP contribution in [-0.2, 0) is 25.4 Å². The van der Waals surface area contributed by atoms with Crippen LogP contribution >= 0.6 is 11.6 Å². The third-order valence-electron chi connectivity index (χ3n) is 6.01. The van der Waals surface area contributed by atoms with Crippen LogP contribution in [0.2, 0.25) is 5.02 Å². The number of halogens is 1. The highest BCUT2D eigenvalue weighted by Crippen LogP contribution is 2.35. The van der Waals surface area contributed by atoms with E-state index in [0.717, 1.165) is 29.9 Å². The second-order valence-electron chi connectivity index (χ2n) is 8.52. The van der Waals surface area contributed by atoms with Gasteiger partial charge in [0.15, 0.2) is 0 Å². The quantitative estimate of drug-likeness (QED) is 0.505. The zero-order valence-electron chi connectivity index (χ0n) is 18.8. The van der Waals surface area contributed by atoms with Crippen LogP contribution in [0, 0.1) is 0 Å². The molecule has 2 saturated heterocycles. The van der Waals surface area contributed by atoms with Crippen molar-refractivity contribution in [1.82, 2.24) is 0 Å². The minimum Gasteiger partial charge on any atom is -0.488 e. The molecule has 34 heavy (non-hydrogen) atoms. The number of carbonyl (C=O) groups is 1. The Hall–Kier alpha value is -2.20. The molecule has 3 N–H and O–H groups in total. The summed E-state index contributed by atoms with van der Waals surface area (Å²) in [5.74, 6) is 0.189. The topological polar surface area (TPSA) is 115 Å². The van der Waals surface area contributed by atoms with E-state index < -0.39 is 36.7 Å². The van der Waals surface area contributed by atoms with E-state index >= 15 is 0 Å². The number of ether oxygens (including phenoxy) is 4. The molecule has 0 amide bonds. The molecule has 1 unspecified atom stereocenters. The van der Waals surface area contributed by atoms with Gasteiger partial charge in [0.2, 0.25) is 6.29 Å². The molecule has 0 aromatic heterocycles. The summed E-state index contributed by atoms with van der Waals surface area (Å²) in [6.45, 7) is 2.92. The number of esters is 1. The summed E-state index contributed by atoms with van der Waals surface area (Å²) < 4.78 is 22.0. The molecule has 184 valence electrons. The fourth-order valence-electron chi connectivity index (χ4n) is 4.04. The van der Waals surface area contributed by atoms with E-state index in [2.05, 4.69) is 0 Å². The van der Waals surface area contributed by atoms with Gasteiger partial charge < -0.3 is 34.3 Å². The molecule has 2 aromatic rings. The Labute approximate surface area is 203 Å². The minimum atomic E-state index is -1.56. The maximum atomic E-state index is 11.7. The smallest absolute Gasteiger partial charge is 0.307 e. The molecule has 0 aliphatic carbocycles. The van der Waals surface area contributed by atoms with Gasteiger partial charge in [0, 0.05) is 17.9 Å². The van der Waals surface area contributed by atoms with Crippen LogP contribution in [0.15, 0.2) is 42.5 Å². The molecule has 6 atom stereocenters. The Kier molecular flexibility index (Phi) is 8.08. The third kappa shape index (κ3) is 5.71. The molecule has 2 aliphatic rings. The number of hydrogen-bond acceptors (Lipinski definition) is 8. The second kappa shape index (κ2) is 11.0. The van der Waals surface area contributed by atoms with Crippen LogP contribution in [0.4, 0.5) is 0 Å². The average Bonchev–Trinajstić information content (AvgIpc) is 3.35. The van der Waals surface area contributed by atoms with Gasteiger partial charge in [-0.1, -0.05) is 42.8 Å². The van der Waals surface area contributed by atoms with Crippen LogP contribution < -0.4 is 4.74 Å². The SMILES string of the molecule is CCC(=O)O[C@H]1O[C@@H](c2ccc(Cl)c(Cc3ccc(OC4CCOC4)cc3)c2)[C@H](O)[C@@H](O)[C@@H]1O. The van der Waals surface area contributed by atoms with Crippen molar-refractivity contribution in [3.8, 4) is 5.75 Å². The third-order valence-corrected chi connectivity index (χ3v) is 6.38. The van der Waals surface area contributed by atoms with Gasteiger partial charge in [-0.15, -0.1) is 0 Å². The number of carbonyl (C=O) groups excluding carboxylic acids is 1. The lowest BCUT2D eigenvalue weighted by molar-refractivity contribution is -0.290. The number of aliphatic hydroxyl groups is 3. The lowest BCUT2D eigenvalue weighted by Crippen LogP contribution is -2.55. The Balaban J connectivity index is 1.49. The molecule has 2 heterocycles. The summed E-state index contributed by atoms with van der Waals surface area (Å²) in [4.78, 5) is 11.7. The number of benzene rings is 2. The molecular weight excluding hydrogens is 464 g/mol. The highest BCUT2D eigenvalue weighted by atomic mass is 35.5. The van der Waals surface area contributed by atoms with Gasteiger partial charge in [-0.25, -0.2) is 0 Å². The van der Waals surface area contributed by atoms with E-state index in [1.807, 2.05) is 24.3 Å². The summed E-state index contributed by atoms with van der Waals surface area (Å²) >= 11 is 6.43. The molecule has 0 saturated carbocycles. The van der Waals surface area contributed by atoms with Crippen molar-refractivity contribution in [2.24, 2.45) is 0 Å². The van der Waals surface area contributed by atoms with E-state index in [1.54, 1.807) is 25.1 Å². The number of aliphatic hydroxyl groups excluding tert-OH is 3. The summed E-state index contributed by atoms with van der Waals surface area (Å²) in [6, 6.07) is 12.9. The first kappa shape index (κ1) is 24.9. The zero-order chi connectivity index (χ0) is 24.2. The molecule has 2 aromatic carbocycles. The number of rotatable bonds is 7. The largest absolute Gasteiger partial charge is 0.488 e. The predicted molar refractivity (Wildman–Crippen MR) is 123 cm³/mol. The van der Waals surface area contributed by atoms with Gasteiger partial charge in [0.1, 0.15) is 36.3 Å². The maximum Gasteiger partial charge on any atom is 0.307 e. The lowest BCUT2D eigenvalue weighted by atomic mass is 9.92. The molecule has 2 fully saturated rings. The monoisotopic (exact) mass is 492 g/mol. The van der Waals surface area contributed by atoms with Crippen LogP contribution in [0.3, 0.4) is 0 Å². The molecule has 2 aliphatic heterocycles. The highest BCUT2D eigenvalue weighted by molar-refractivity contribution is 6.31. The van der Waals surface area contributed by atoms with E-state index in [9.17, 15) is 20.1 Å². The molecule has 0 bridgehead atoms. The summed E-state index contributed by atoms with van der Waals surface area (Å²) in [6.07, 6.45) is -5.40. The lowest BCUT2D eigenvalue weighted by Gasteiger charge is -2.40. The highest BCUT2D eigenvalue weighted by Gasteiger charge is 2.46. The summed E-state index contributed by atoms with van der Waals surface area (Å²) in [5, 5.41) is 31.5. The van der Waals surface area contributed by atoms with Gasteiger partial charge in [0.05, 0.1) is 13.2 Å². The molecule has 8 nitrogen and oxygen atoms in total. The van der Waals surface area contributed by atoms with Crippen molar-refractivity contribution in [3.63, 3.8) is 0 Å². The standard InChI is InChI=1S/C25H29ClO8/c1-2-20(27)33-25-23(30)21(28)22(29)24(34-25)15-5-8-19(26)16(12-15)11-14-3-6-17(7-4-14)32-18-9-10-31-13-18/h3-8,12,18,21-25,28-30H,2,9-11,13H2,1H3/t18?,21-,22-,23+,24+,25+/m1/s1. The second-order valence-corrected chi connectivity index (χ2v) is 8.92. The van der Waals surface area contributed by atoms with E-state index in [0.29, 0.717) is 23.6 Å². The zero-order valence-corrected chi connectivity index (χ0v) is 19.6. The van der Waals surface area contributed by atoms with Crippen LogP contribution in [-0.4, -0.2) is 65.2 Å². The fraction of sp³-hybridized carbons (Fsp3) is 0.480. The fourth-order valence-corrected chi connectivity index (χ4v) is 4.23. The van der Waals surface area contributed by atoms with E-state index in [4.69, 9.17) is 30.5 Å². The van der Waals surface area contributed by atoms with E-state index in [-0.39, 0.29) is 12.5 Å². The van der Waals surface area contributed by atoms with Crippen LogP contribution in [0.25, 0.3) is 0 Å². The predicted octanol–water partition coefficient (Wildman–Crippen LogP) is 2.53. The van der Waals surface area contributed by atoms with Crippen molar-refractivity contribution >= 4 is 17.6 Å². The van der Waals surface area contributed by atoms with Crippen LogP contribution in [0.1, 0.15) is 42.6 Å². The Morgan fingerprint density at radius 2 is 1.85 bits per heavy atom. The van der Waals surface area contributed by atoms with Crippen molar-refractivity contribution in [2.75, 3.05) is 13.2 Å². The summed E-state index contributed by atoms with van der Waals surface area (Å²) in [7, 11) is 0. The van der Waals surface area contributed by atoms with Crippen LogP contribution in [0.5, 0.6) is 5.75 Å². The van der Waals surface area contributed by atoms with Gasteiger partial charge in [-0.2, -0.15) is 0 Å². The van der Waals surface area contributed by atoms with Crippen molar-refractivity contribution in [3.05, 3.63) is 64.2 Å².